The first kappa shape index (κ1) is 14.9. The Morgan fingerprint density at radius 3 is 2.80 bits per heavy atom. The van der Waals surface area contributed by atoms with Crippen molar-refractivity contribution in [3.05, 3.63) is 56.7 Å². The van der Waals surface area contributed by atoms with E-state index in [1.807, 2.05) is 11.4 Å². The van der Waals surface area contributed by atoms with Gasteiger partial charge in [-0.15, -0.1) is 11.3 Å². The maximum absolute atomic E-state index is 12.1. The van der Waals surface area contributed by atoms with Gasteiger partial charge in [0.05, 0.1) is 0 Å². The molecular weight excluding hydrogens is 350 g/mol. The Hall–Kier alpha value is -1.53. The number of thiophene rings is 1. The van der Waals surface area contributed by atoms with Crippen molar-refractivity contribution < 1.29 is 18.3 Å². The first-order valence-electron chi connectivity index (χ1n) is 5.56. The summed E-state index contributed by atoms with van der Waals surface area (Å²) in [5.74, 6) is -0.299. The molecule has 0 bridgehead atoms. The summed E-state index contributed by atoms with van der Waals surface area (Å²) in [5, 5.41) is 1.90. The predicted molar refractivity (Wildman–Crippen MR) is 78.5 cm³/mol. The Morgan fingerprint density at radius 1 is 1.35 bits per heavy atom. The molecule has 0 saturated carbocycles. The molecule has 0 aliphatic rings. The number of carbonyl (C=O) groups is 1. The van der Waals surface area contributed by atoms with Crippen LogP contribution in [-0.2, 0) is 0 Å². The van der Waals surface area contributed by atoms with Crippen LogP contribution in [0, 0.1) is 0 Å². The van der Waals surface area contributed by atoms with Gasteiger partial charge in [-0.1, -0.05) is 12.1 Å². The fraction of sp³-hybridized carbons (Fsp3) is 0.0714. The van der Waals surface area contributed by atoms with E-state index < -0.39 is 6.61 Å². The Morgan fingerprint density at radius 2 is 2.15 bits per heavy atom. The molecule has 0 fully saturated rings. The summed E-state index contributed by atoms with van der Waals surface area (Å²) < 4.78 is 29.4. The molecule has 0 aliphatic heterocycles. The molecule has 0 saturated heterocycles. The molecule has 104 valence electrons. The quantitative estimate of drug-likeness (QED) is 0.554. The molecule has 0 aliphatic carbocycles. The van der Waals surface area contributed by atoms with Gasteiger partial charge in [0.25, 0.3) is 0 Å². The number of rotatable bonds is 5. The Bertz CT molecular complexity index is 638. The van der Waals surface area contributed by atoms with Crippen molar-refractivity contribution in [2.24, 2.45) is 0 Å². The van der Waals surface area contributed by atoms with Crippen LogP contribution in [0.15, 0.2) is 46.3 Å². The highest BCUT2D eigenvalue weighted by Gasteiger charge is 2.07. The number of halogens is 3. The summed E-state index contributed by atoms with van der Waals surface area (Å²) in [6.07, 6.45) is 3.08. The van der Waals surface area contributed by atoms with Crippen molar-refractivity contribution in [2.45, 2.75) is 6.61 Å². The van der Waals surface area contributed by atoms with Crippen molar-refractivity contribution in [3.63, 3.8) is 0 Å². The molecule has 2 nitrogen and oxygen atoms in total. The lowest BCUT2D eigenvalue weighted by molar-refractivity contribution is -0.0498. The van der Waals surface area contributed by atoms with E-state index in [1.54, 1.807) is 12.1 Å². The van der Waals surface area contributed by atoms with E-state index in [-0.39, 0.29) is 11.5 Å². The average Bonchev–Trinajstić information content (AvgIpc) is 2.81. The van der Waals surface area contributed by atoms with Crippen molar-refractivity contribution in [3.8, 4) is 5.75 Å². The largest absolute Gasteiger partial charge is 0.435 e. The average molecular weight is 359 g/mol. The van der Waals surface area contributed by atoms with Gasteiger partial charge in [0.2, 0.25) is 0 Å². The topological polar surface area (TPSA) is 26.3 Å². The van der Waals surface area contributed by atoms with Crippen LogP contribution < -0.4 is 4.74 Å². The fourth-order valence-electron chi connectivity index (χ4n) is 1.50. The molecule has 0 unspecified atom stereocenters. The van der Waals surface area contributed by atoms with Crippen LogP contribution >= 0.6 is 27.3 Å². The number of ketones is 1. The van der Waals surface area contributed by atoms with E-state index in [0.29, 0.717) is 5.56 Å². The number of hydrogen-bond donors (Lipinski definition) is 0. The Kier molecular flexibility index (Phi) is 5.03. The molecule has 6 heteroatoms. The van der Waals surface area contributed by atoms with Crippen LogP contribution in [0.5, 0.6) is 5.75 Å². The molecule has 0 radical (unpaired) electrons. The Balaban J connectivity index is 2.10. The lowest BCUT2D eigenvalue weighted by atomic mass is 10.1. The van der Waals surface area contributed by atoms with Gasteiger partial charge < -0.3 is 4.74 Å². The molecule has 0 amide bonds. The second-order valence-corrected chi connectivity index (χ2v) is 5.63. The highest BCUT2D eigenvalue weighted by atomic mass is 79.9. The number of hydrogen-bond acceptors (Lipinski definition) is 3. The standard InChI is InChI=1S/C14H9BrF2O2S/c15-10-7-12(20-8-10)4-5-13(18)9-2-1-3-11(6-9)19-14(16)17/h1-8,14H/b5-4+. The van der Waals surface area contributed by atoms with Crippen LogP contribution in [0.3, 0.4) is 0 Å². The molecule has 2 aromatic rings. The summed E-state index contributed by atoms with van der Waals surface area (Å²) >= 11 is 4.81. The smallest absolute Gasteiger partial charge is 0.387 e. The van der Waals surface area contributed by atoms with Gasteiger partial charge in [0.1, 0.15) is 5.75 Å². The third kappa shape index (κ3) is 4.25. The minimum Gasteiger partial charge on any atom is -0.435 e. The van der Waals surface area contributed by atoms with E-state index in [4.69, 9.17) is 0 Å². The zero-order chi connectivity index (χ0) is 14.5. The normalized spacial score (nSPS) is 11.2. The second-order valence-electron chi connectivity index (χ2n) is 3.77. The lowest BCUT2D eigenvalue weighted by Crippen LogP contribution is -2.03. The van der Waals surface area contributed by atoms with E-state index in [0.717, 1.165) is 9.35 Å². The van der Waals surface area contributed by atoms with Crippen molar-refractivity contribution in [1.82, 2.24) is 0 Å². The summed E-state index contributed by atoms with van der Waals surface area (Å²) in [7, 11) is 0. The number of alkyl halides is 2. The first-order valence-corrected chi connectivity index (χ1v) is 7.23. The summed E-state index contributed by atoms with van der Waals surface area (Å²) in [4.78, 5) is 12.8. The van der Waals surface area contributed by atoms with E-state index in [2.05, 4.69) is 20.7 Å². The molecule has 1 heterocycles. The van der Waals surface area contributed by atoms with Gasteiger partial charge in [-0.2, -0.15) is 8.78 Å². The molecule has 1 aromatic heterocycles. The van der Waals surface area contributed by atoms with Crippen LogP contribution in [0.2, 0.25) is 0 Å². The monoisotopic (exact) mass is 358 g/mol. The van der Waals surface area contributed by atoms with E-state index >= 15 is 0 Å². The maximum Gasteiger partial charge on any atom is 0.387 e. The van der Waals surface area contributed by atoms with Crippen LogP contribution in [0.4, 0.5) is 8.78 Å². The maximum atomic E-state index is 12.1. The van der Waals surface area contributed by atoms with Gasteiger partial charge in [0.15, 0.2) is 5.78 Å². The molecule has 0 spiro atoms. The number of ether oxygens (including phenoxy) is 1. The minimum atomic E-state index is -2.90. The highest BCUT2D eigenvalue weighted by molar-refractivity contribution is 9.10. The van der Waals surface area contributed by atoms with Crippen molar-refractivity contribution in [2.75, 3.05) is 0 Å². The van der Waals surface area contributed by atoms with Crippen molar-refractivity contribution in [1.29, 1.82) is 0 Å². The third-order valence-electron chi connectivity index (χ3n) is 2.33. The van der Waals surface area contributed by atoms with Gasteiger partial charge in [-0.25, -0.2) is 0 Å². The molecule has 1 aromatic carbocycles. The molecule has 0 N–H and O–H groups in total. The number of carbonyl (C=O) groups excluding carboxylic acids is 1. The Labute approximate surface area is 126 Å². The van der Waals surface area contributed by atoms with E-state index in [9.17, 15) is 13.6 Å². The minimum absolute atomic E-state index is 0.0295. The molecule has 2 rings (SSSR count). The van der Waals surface area contributed by atoms with Crippen LogP contribution in [0.25, 0.3) is 6.08 Å². The second kappa shape index (κ2) is 6.76. The fourth-order valence-corrected chi connectivity index (χ4v) is 2.83. The number of allylic oxidation sites excluding steroid dienone is 1. The lowest BCUT2D eigenvalue weighted by Gasteiger charge is -2.04. The summed E-state index contributed by atoms with van der Waals surface area (Å²) in [5.41, 5.74) is 0.301. The van der Waals surface area contributed by atoms with Crippen LogP contribution in [0.1, 0.15) is 15.2 Å². The molecule has 20 heavy (non-hydrogen) atoms. The SMILES string of the molecule is O=C(/C=C/c1cc(Br)cs1)c1cccc(OC(F)F)c1. The third-order valence-corrected chi connectivity index (χ3v) is 3.99. The highest BCUT2D eigenvalue weighted by Crippen LogP contribution is 2.21. The zero-order valence-corrected chi connectivity index (χ0v) is 12.5. The van der Waals surface area contributed by atoms with Gasteiger partial charge in [-0.05, 0) is 46.3 Å². The zero-order valence-electron chi connectivity index (χ0n) is 10.1. The van der Waals surface area contributed by atoms with Gasteiger partial charge in [-0.3, -0.25) is 4.79 Å². The summed E-state index contributed by atoms with van der Waals surface area (Å²) in [6, 6.07) is 7.60. The summed E-state index contributed by atoms with van der Waals surface area (Å²) in [6.45, 7) is -2.90. The number of benzene rings is 1. The first-order chi connectivity index (χ1) is 9.54. The van der Waals surface area contributed by atoms with Gasteiger partial charge >= 0.3 is 6.61 Å². The van der Waals surface area contributed by atoms with Crippen LogP contribution in [-0.4, -0.2) is 12.4 Å². The van der Waals surface area contributed by atoms with Crippen molar-refractivity contribution >= 4 is 39.1 Å². The van der Waals surface area contributed by atoms with Gasteiger partial charge in [0, 0.05) is 20.3 Å². The molecular formula is C14H9BrF2O2S. The van der Waals surface area contributed by atoms with E-state index in [1.165, 1.54) is 35.6 Å². The molecule has 0 atom stereocenters. The predicted octanol–water partition coefficient (Wildman–Crippen LogP) is 5.01.